The Morgan fingerprint density at radius 2 is 1.49 bits per heavy atom. The summed E-state index contributed by atoms with van der Waals surface area (Å²) >= 11 is 0. The van der Waals surface area contributed by atoms with E-state index in [1.54, 1.807) is 53.9 Å². The summed E-state index contributed by atoms with van der Waals surface area (Å²) in [7, 11) is 1.59. The number of hydrogen-bond acceptors (Lipinski definition) is 10. The molecule has 12 heteroatoms. The molecule has 45 heavy (non-hydrogen) atoms. The van der Waals surface area contributed by atoms with Crippen LogP contribution < -0.4 is 20.5 Å². The Morgan fingerprint density at radius 3 is 2.04 bits per heavy atom. The maximum atomic E-state index is 12.6. The Labute approximate surface area is 266 Å². The molecule has 5 N–H and O–H groups in total. The number of nitrogens with one attached hydrogen (secondary N) is 2. The number of benzene rings is 2. The van der Waals surface area contributed by atoms with Crippen LogP contribution in [0.3, 0.4) is 0 Å². The number of carbonyl (C=O) groups is 2. The number of hydrogen-bond donors (Lipinski definition) is 5. The van der Waals surface area contributed by atoms with Crippen molar-refractivity contribution in [3.63, 3.8) is 0 Å². The van der Waals surface area contributed by atoms with E-state index in [2.05, 4.69) is 10.6 Å². The van der Waals surface area contributed by atoms with Gasteiger partial charge in [0.25, 0.3) is 0 Å². The van der Waals surface area contributed by atoms with Gasteiger partial charge in [-0.05, 0) is 70.7 Å². The quantitative estimate of drug-likeness (QED) is 0.152. The molecule has 2 rings (SSSR count). The zero-order valence-corrected chi connectivity index (χ0v) is 27.2. The average Bonchev–Trinajstić information content (AvgIpc) is 2.96. The highest BCUT2D eigenvalue weighted by Gasteiger charge is 2.36. The minimum Gasteiger partial charge on any atom is -0.530 e. The molecule has 0 saturated heterocycles. The third-order valence-electron chi connectivity index (χ3n) is 7.11. The molecule has 2 amide bonds. The Morgan fingerprint density at radius 1 is 0.889 bits per heavy atom. The molecule has 0 unspecified atom stereocenters. The van der Waals surface area contributed by atoms with Crippen LogP contribution in [0.2, 0.25) is 0 Å². The van der Waals surface area contributed by atoms with Crippen LogP contribution in [0.25, 0.3) is 0 Å². The summed E-state index contributed by atoms with van der Waals surface area (Å²) in [6.45, 7) is 8.56. The first kappa shape index (κ1) is 37.8. The van der Waals surface area contributed by atoms with Gasteiger partial charge in [-0.2, -0.15) is 0 Å². The van der Waals surface area contributed by atoms with E-state index in [0.29, 0.717) is 19.0 Å². The van der Waals surface area contributed by atoms with E-state index in [4.69, 9.17) is 14.2 Å². The lowest BCUT2D eigenvalue weighted by Gasteiger charge is -2.46. The lowest BCUT2D eigenvalue weighted by molar-refractivity contribution is -0.277. The van der Waals surface area contributed by atoms with Crippen LogP contribution in [-0.4, -0.2) is 108 Å². The first-order valence-electron chi connectivity index (χ1n) is 15.1. The lowest BCUT2D eigenvalue weighted by Crippen LogP contribution is -2.64. The van der Waals surface area contributed by atoms with Gasteiger partial charge in [0, 0.05) is 20.2 Å². The molecule has 0 aliphatic rings. The molecule has 0 aliphatic heterocycles. The average molecular weight is 633 g/mol. The number of rotatable bonds is 18. The molecule has 0 saturated carbocycles. The maximum Gasteiger partial charge on any atom is 0.407 e. The van der Waals surface area contributed by atoms with Crippen molar-refractivity contribution in [3.05, 3.63) is 65.7 Å². The number of nitrogens with zero attached hydrogens (tertiary/aromatic N) is 1. The molecule has 0 fully saturated rings. The van der Waals surface area contributed by atoms with Gasteiger partial charge < -0.3 is 55.0 Å². The van der Waals surface area contributed by atoms with Crippen molar-refractivity contribution in [2.75, 3.05) is 40.0 Å². The molecule has 2 aromatic rings. The normalized spacial score (nSPS) is 14.6. The molecule has 12 nitrogen and oxygen atoms in total. The summed E-state index contributed by atoms with van der Waals surface area (Å²) in [6, 6.07) is 14.6. The van der Waals surface area contributed by atoms with Gasteiger partial charge in [-0.15, -0.1) is 0 Å². The highest BCUT2D eigenvalue weighted by Crippen LogP contribution is 2.23. The van der Waals surface area contributed by atoms with Crippen molar-refractivity contribution in [2.45, 2.75) is 82.9 Å². The number of carbonyl (C=O) groups excluding carboxylic acids is 2. The highest BCUT2D eigenvalue weighted by molar-refractivity contribution is 5.68. The van der Waals surface area contributed by atoms with Gasteiger partial charge in [-0.3, -0.25) is 0 Å². The summed E-state index contributed by atoms with van der Waals surface area (Å²) < 4.78 is 16.0. The molecule has 252 valence electrons. The second-order valence-electron chi connectivity index (χ2n) is 12.6. The van der Waals surface area contributed by atoms with Crippen molar-refractivity contribution in [1.29, 1.82) is 0 Å². The number of alkyl carbamates (subject to hydrolysis) is 1. The van der Waals surface area contributed by atoms with E-state index in [-0.39, 0.29) is 25.9 Å². The standard InChI is InChI=1S/C33H51N3O9/c1-32(2,3)45-30(40)35-26(18-24-12-14-25(15-13-24)44-17-16-43-6)28(38)20-34-21-29(39)27(19-23-10-8-7-9-11-23)36(31(41)42)33(4,5)22-37/h7-15,26-29,34,37-39H,16-22H2,1-6H3,(H,35,40)(H,41,42)/p-1/t26-,27-,28+,29+/m0/s1. The van der Waals surface area contributed by atoms with Crippen LogP contribution in [0.15, 0.2) is 54.6 Å². The Balaban J connectivity index is 2.16. The van der Waals surface area contributed by atoms with E-state index in [9.17, 15) is 30.0 Å². The van der Waals surface area contributed by atoms with E-state index >= 15 is 0 Å². The van der Waals surface area contributed by atoms with Gasteiger partial charge in [0.2, 0.25) is 0 Å². The molecule has 0 bridgehead atoms. The zero-order chi connectivity index (χ0) is 33.6. The minimum atomic E-state index is -1.52. The summed E-state index contributed by atoms with van der Waals surface area (Å²) in [4.78, 5) is 25.9. The van der Waals surface area contributed by atoms with Gasteiger partial charge >= 0.3 is 6.09 Å². The van der Waals surface area contributed by atoms with E-state index < -0.39 is 54.2 Å². The van der Waals surface area contributed by atoms with Crippen LogP contribution >= 0.6 is 0 Å². The van der Waals surface area contributed by atoms with Crippen molar-refractivity contribution < 1.29 is 44.2 Å². The van der Waals surface area contributed by atoms with Crippen LogP contribution in [0.4, 0.5) is 9.59 Å². The van der Waals surface area contributed by atoms with Crippen molar-refractivity contribution in [1.82, 2.24) is 15.5 Å². The number of aliphatic hydroxyl groups excluding tert-OH is 3. The molecule has 0 aliphatic carbocycles. The largest absolute Gasteiger partial charge is 0.530 e. The second-order valence-corrected chi connectivity index (χ2v) is 12.6. The first-order valence-corrected chi connectivity index (χ1v) is 15.1. The highest BCUT2D eigenvalue weighted by atomic mass is 16.6. The van der Waals surface area contributed by atoms with Crippen molar-refractivity contribution in [2.24, 2.45) is 0 Å². The summed E-state index contributed by atoms with van der Waals surface area (Å²) in [6.07, 6.45) is -4.12. The SMILES string of the molecule is COCCOc1ccc(C[C@H](NC(=O)OC(C)(C)C)[C@H](O)CNC[C@@H](O)[C@H](Cc2ccccc2)N(C(=O)[O-])C(C)(C)CO)cc1. The zero-order valence-electron chi connectivity index (χ0n) is 27.2. The maximum absolute atomic E-state index is 12.6. The molecular weight excluding hydrogens is 582 g/mol. The van der Waals surface area contributed by atoms with Gasteiger partial charge in [-0.1, -0.05) is 42.5 Å². The van der Waals surface area contributed by atoms with Gasteiger partial charge in [0.1, 0.15) is 24.1 Å². The van der Waals surface area contributed by atoms with Crippen molar-refractivity contribution >= 4 is 12.2 Å². The molecular formula is C33H50N3O9-. The topological polar surface area (TPSA) is 173 Å². The summed E-state index contributed by atoms with van der Waals surface area (Å²) in [5, 5.41) is 50.3. The van der Waals surface area contributed by atoms with Gasteiger partial charge in [0.05, 0.1) is 43.0 Å². The molecule has 0 heterocycles. The molecule has 0 spiro atoms. The fourth-order valence-corrected chi connectivity index (χ4v) is 4.78. The summed E-state index contributed by atoms with van der Waals surface area (Å²) in [5.41, 5.74) is -0.360. The third kappa shape index (κ3) is 13.2. The Hall–Kier alpha value is -3.42. The van der Waals surface area contributed by atoms with Crippen molar-refractivity contribution in [3.8, 4) is 5.75 Å². The van der Waals surface area contributed by atoms with Crippen LogP contribution in [0.5, 0.6) is 5.75 Å². The number of methoxy groups -OCH3 is 1. The summed E-state index contributed by atoms with van der Waals surface area (Å²) in [5.74, 6) is 0.656. The van der Waals surface area contributed by atoms with E-state index in [1.165, 1.54) is 0 Å². The smallest absolute Gasteiger partial charge is 0.407 e. The van der Waals surface area contributed by atoms with Crippen LogP contribution in [0, 0.1) is 0 Å². The number of ether oxygens (including phenoxy) is 3. The first-order chi connectivity index (χ1) is 21.2. The van der Waals surface area contributed by atoms with Gasteiger partial charge in [0.15, 0.2) is 0 Å². The molecule has 2 aromatic carbocycles. The minimum absolute atomic E-state index is 0.0392. The monoisotopic (exact) mass is 632 g/mol. The van der Waals surface area contributed by atoms with Crippen LogP contribution in [0.1, 0.15) is 45.7 Å². The molecule has 0 radical (unpaired) electrons. The fourth-order valence-electron chi connectivity index (χ4n) is 4.78. The third-order valence-corrected chi connectivity index (χ3v) is 7.11. The predicted molar refractivity (Wildman–Crippen MR) is 168 cm³/mol. The van der Waals surface area contributed by atoms with Crippen LogP contribution in [-0.2, 0) is 22.3 Å². The second kappa shape index (κ2) is 17.9. The fraction of sp³-hybridized carbons (Fsp3) is 0.576. The number of carboxylic acid groups (broad SMARTS) is 1. The van der Waals surface area contributed by atoms with Gasteiger partial charge in [-0.25, -0.2) is 4.79 Å². The molecule has 4 atom stereocenters. The lowest BCUT2D eigenvalue weighted by atomic mass is 9.94. The van der Waals surface area contributed by atoms with E-state index in [0.717, 1.165) is 16.0 Å². The Bertz CT molecular complexity index is 1160. The molecule has 0 aromatic heterocycles. The number of amides is 2. The van der Waals surface area contributed by atoms with E-state index in [1.807, 2.05) is 42.5 Å². The Kier molecular flexibility index (Phi) is 15.0. The predicted octanol–water partition coefficient (Wildman–Crippen LogP) is 1.49. The number of aliphatic hydroxyl groups is 3.